The number of nitrogens with zero attached hydrogens (tertiary/aromatic N) is 2. The fourth-order valence-corrected chi connectivity index (χ4v) is 5.81. The van der Waals surface area contributed by atoms with Crippen LogP contribution < -0.4 is 20.0 Å². The molecule has 0 saturated carbocycles. The fraction of sp³-hybridized carbons (Fsp3) is 0.240. The fourth-order valence-electron chi connectivity index (χ4n) is 4.23. The molecule has 10 nitrogen and oxygen atoms in total. The SMILES string of the molecule is COc1ccc(-c2ccc(F)c([C@@H](C)[C@H](NS(=O)(=O)c3ccc(Cl)cc3OC)c3n[nH]c(=O)o3)c2C)cn1. The number of rotatable bonds is 9. The zero-order valence-electron chi connectivity index (χ0n) is 20.8. The molecular weight excluding hydrogens is 539 g/mol. The number of aromatic nitrogens is 3. The van der Waals surface area contributed by atoms with E-state index in [0.717, 1.165) is 0 Å². The van der Waals surface area contributed by atoms with Crippen LogP contribution in [0.3, 0.4) is 0 Å². The summed E-state index contributed by atoms with van der Waals surface area (Å²) in [6, 6.07) is 9.08. The second kappa shape index (κ2) is 10.9. The van der Waals surface area contributed by atoms with Crippen LogP contribution in [0.5, 0.6) is 11.6 Å². The van der Waals surface area contributed by atoms with Crippen LogP contribution in [-0.2, 0) is 10.0 Å². The van der Waals surface area contributed by atoms with Crippen molar-refractivity contribution in [3.8, 4) is 22.8 Å². The van der Waals surface area contributed by atoms with E-state index in [-0.39, 0.29) is 27.1 Å². The van der Waals surface area contributed by atoms with E-state index < -0.39 is 33.6 Å². The number of methoxy groups -OCH3 is 2. The maximum Gasteiger partial charge on any atom is 0.434 e. The smallest absolute Gasteiger partial charge is 0.434 e. The summed E-state index contributed by atoms with van der Waals surface area (Å²) in [5, 5.41) is 6.22. The van der Waals surface area contributed by atoms with Crippen LogP contribution in [0.2, 0.25) is 5.02 Å². The third-order valence-electron chi connectivity index (χ3n) is 6.09. The van der Waals surface area contributed by atoms with Crippen molar-refractivity contribution in [2.75, 3.05) is 14.2 Å². The van der Waals surface area contributed by atoms with Gasteiger partial charge in [0, 0.05) is 34.8 Å². The van der Waals surface area contributed by atoms with Crippen LogP contribution in [0, 0.1) is 12.7 Å². The predicted octanol–water partition coefficient (Wildman–Crippen LogP) is 4.37. The summed E-state index contributed by atoms with van der Waals surface area (Å²) in [5.74, 6) is -2.21. The lowest BCUT2D eigenvalue weighted by atomic mass is 9.86. The molecule has 200 valence electrons. The van der Waals surface area contributed by atoms with Crippen molar-refractivity contribution in [2.24, 2.45) is 0 Å². The summed E-state index contributed by atoms with van der Waals surface area (Å²) in [7, 11) is -1.50. The first kappa shape index (κ1) is 27.3. The Hall–Kier alpha value is -3.74. The summed E-state index contributed by atoms with van der Waals surface area (Å²) in [5.41, 5.74) is 2.11. The highest BCUT2D eigenvalue weighted by atomic mass is 35.5. The third kappa shape index (κ3) is 5.42. The average Bonchev–Trinajstić information content (AvgIpc) is 3.33. The van der Waals surface area contributed by atoms with Crippen molar-refractivity contribution in [3.05, 3.63) is 87.1 Å². The van der Waals surface area contributed by atoms with Crippen LogP contribution in [0.4, 0.5) is 4.39 Å². The lowest BCUT2D eigenvalue weighted by Gasteiger charge is -2.25. The predicted molar refractivity (Wildman–Crippen MR) is 138 cm³/mol. The van der Waals surface area contributed by atoms with Gasteiger partial charge in [0.05, 0.1) is 14.2 Å². The van der Waals surface area contributed by atoms with Crippen molar-refractivity contribution < 1.29 is 26.7 Å². The van der Waals surface area contributed by atoms with Crippen molar-refractivity contribution in [3.63, 3.8) is 0 Å². The van der Waals surface area contributed by atoms with Gasteiger partial charge in [-0.3, -0.25) is 0 Å². The number of H-pyrrole nitrogens is 1. The van der Waals surface area contributed by atoms with Gasteiger partial charge in [0.15, 0.2) is 0 Å². The molecule has 13 heteroatoms. The van der Waals surface area contributed by atoms with E-state index in [4.69, 9.17) is 25.5 Å². The Kier molecular flexibility index (Phi) is 7.86. The Bertz CT molecular complexity index is 1620. The number of ether oxygens (including phenoxy) is 2. The van der Waals surface area contributed by atoms with Gasteiger partial charge in [-0.15, -0.1) is 5.10 Å². The zero-order valence-corrected chi connectivity index (χ0v) is 22.4. The molecule has 0 radical (unpaired) electrons. The molecule has 0 aliphatic rings. The summed E-state index contributed by atoms with van der Waals surface area (Å²) in [6.07, 6.45) is 1.59. The number of nitrogens with one attached hydrogen (secondary N) is 2. The lowest BCUT2D eigenvalue weighted by molar-refractivity contribution is 0.374. The minimum atomic E-state index is -4.30. The Morgan fingerprint density at radius 1 is 1.13 bits per heavy atom. The molecule has 0 bridgehead atoms. The molecule has 0 fully saturated rings. The second-order valence-electron chi connectivity index (χ2n) is 8.36. The van der Waals surface area contributed by atoms with Crippen molar-refractivity contribution in [1.82, 2.24) is 19.9 Å². The summed E-state index contributed by atoms with van der Waals surface area (Å²) in [4.78, 5) is 15.8. The second-order valence-corrected chi connectivity index (χ2v) is 10.5. The summed E-state index contributed by atoms with van der Waals surface area (Å²) in [6.45, 7) is 3.31. The van der Waals surface area contributed by atoms with Crippen molar-refractivity contribution >= 4 is 21.6 Å². The normalized spacial score (nSPS) is 13.2. The molecular formula is C25H24ClFN4O6S. The number of halogens is 2. The van der Waals surface area contributed by atoms with Gasteiger partial charge in [0.2, 0.25) is 21.8 Å². The first-order valence-electron chi connectivity index (χ1n) is 11.3. The summed E-state index contributed by atoms with van der Waals surface area (Å²) >= 11 is 5.99. The molecule has 4 aromatic rings. The maximum absolute atomic E-state index is 15.3. The first-order chi connectivity index (χ1) is 18.1. The monoisotopic (exact) mass is 562 g/mol. The van der Waals surface area contributed by atoms with Crippen LogP contribution in [0.1, 0.15) is 35.9 Å². The number of aromatic amines is 1. The number of hydrogen-bond donors (Lipinski definition) is 2. The minimum Gasteiger partial charge on any atom is -0.495 e. The van der Waals surface area contributed by atoms with E-state index >= 15 is 4.39 Å². The van der Waals surface area contributed by atoms with Gasteiger partial charge in [-0.05, 0) is 47.9 Å². The first-order valence-corrected chi connectivity index (χ1v) is 13.1. The quantitative estimate of drug-likeness (QED) is 0.307. The van der Waals surface area contributed by atoms with Crippen LogP contribution in [-0.4, -0.2) is 37.8 Å². The van der Waals surface area contributed by atoms with Gasteiger partial charge in [0.1, 0.15) is 22.5 Å². The third-order valence-corrected chi connectivity index (χ3v) is 7.81. The molecule has 2 heterocycles. The Morgan fingerprint density at radius 3 is 2.50 bits per heavy atom. The summed E-state index contributed by atoms with van der Waals surface area (Å²) < 4.78 is 60.2. The minimum absolute atomic E-state index is 0.00347. The highest BCUT2D eigenvalue weighted by Crippen LogP contribution is 2.38. The van der Waals surface area contributed by atoms with Crippen LogP contribution in [0.25, 0.3) is 11.1 Å². The molecule has 0 amide bonds. The molecule has 38 heavy (non-hydrogen) atoms. The van der Waals surface area contributed by atoms with Gasteiger partial charge in [-0.2, -0.15) is 4.72 Å². The molecule has 2 atom stereocenters. The molecule has 2 aromatic carbocycles. The van der Waals surface area contributed by atoms with Gasteiger partial charge >= 0.3 is 5.76 Å². The van der Waals surface area contributed by atoms with E-state index in [2.05, 4.69) is 19.9 Å². The van der Waals surface area contributed by atoms with Gasteiger partial charge < -0.3 is 13.9 Å². The van der Waals surface area contributed by atoms with E-state index in [1.54, 1.807) is 38.2 Å². The largest absolute Gasteiger partial charge is 0.495 e. The highest BCUT2D eigenvalue weighted by molar-refractivity contribution is 7.89. The average molecular weight is 563 g/mol. The molecule has 0 aliphatic heterocycles. The molecule has 2 N–H and O–H groups in total. The standard InChI is InChI=1S/C25H24ClFN4O6S/c1-13-17(15-5-10-21(36-4)28-12-15)7-8-18(27)22(13)14(2)23(24-29-30-25(32)37-24)31-38(33,34)20-9-6-16(26)11-19(20)35-3/h5-12,14,23,31H,1-4H3,(H,30,32)/t14-,23+/m1/s1. The van der Waals surface area contributed by atoms with E-state index in [0.29, 0.717) is 22.6 Å². The van der Waals surface area contributed by atoms with Crippen molar-refractivity contribution in [2.45, 2.75) is 30.7 Å². The van der Waals surface area contributed by atoms with Gasteiger partial charge in [0.25, 0.3) is 0 Å². The number of pyridine rings is 1. The molecule has 2 aromatic heterocycles. The Labute approximate surface area is 222 Å². The van der Waals surface area contributed by atoms with Crippen molar-refractivity contribution in [1.29, 1.82) is 0 Å². The Morgan fingerprint density at radius 2 is 1.89 bits per heavy atom. The van der Waals surface area contributed by atoms with Crippen LogP contribution in [0.15, 0.2) is 62.8 Å². The van der Waals surface area contributed by atoms with E-state index in [1.165, 1.54) is 38.5 Å². The molecule has 0 aliphatic carbocycles. The maximum atomic E-state index is 15.3. The molecule has 0 spiro atoms. The van der Waals surface area contributed by atoms with Gasteiger partial charge in [-0.25, -0.2) is 27.7 Å². The zero-order chi connectivity index (χ0) is 27.6. The van der Waals surface area contributed by atoms with Gasteiger partial charge in [-0.1, -0.05) is 24.6 Å². The molecule has 0 saturated heterocycles. The lowest BCUT2D eigenvalue weighted by Crippen LogP contribution is -2.33. The van der Waals surface area contributed by atoms with E-state index in [1.807, 2.05) is 0 Å². The number of benzene rings is 2. The van der Waals surface area contributed by atoms with E-state index in [9.17, 15) is 13.2 Å². The number of sulfonamides is 1. The van der Waals surface area contributed by atoms with Crippen LogP contribution >= 0.6 is 11.6 Å². The highest BCUT2D eigenvalue weighted by Gasteiger charge is 2.34. The molecule has 4 rings (SSSR count). The topological polar surface area (TPSA) is 136 Å². The number of hydrogen-bond acceptors (Lipinski definition) is 8. The molecule has 0 unspecified atom stereocenters. The Balaban J connectivity index is 1.81.